The summed E-state index contributed by atoms with van der Waals surface area (Å²) >= 11 is 0. The minimum atomic E-state index is -3.46. The SMILES string of the molecule is CCC(C)c1ccc(S(=O)(=O)N2CCN(c3ccccc3OC)CC2)cc1. The van der Waals surface area contributed by atoms with Crippen LogP contribution in [0.25, 0.3) is 0 Å². The van der Waals surface area contributed by atoms with Crippen LogP contribution in [0.3, 0.4) is 0 Å². The van der Waals surface area contributed by atoms with Crippen molar-refractivity contribution < 1.29 is 13.2 Å². The van der Waals surface area contributed by atoms with E-state index in [1.807, 2.05) is 36.4 Å². The molecule has 3 rings (SSSR count). The van der Waals surface area contributed by atoms with Gasteiger partial charge in [0.1, 0.15) is 5.75 Å². The predicted octanol–water partition coefficient (Wildman–Crippen LogP) is 3.72. The van der Waals surface area contributed by atoms with E-state index in [2.05, 4.69) is 18.7 Å². The molecular formula is C21H28N2O3S. The molecule has 0 amide bonds. The van der Waals surface area contributed by atoms with E-state index in [1.54, 1.807) is 23.5 Å². The van der Waals surface area contributed by atoms with Crippen LogP contribution >= 0.6 is 0 Å². The molecule has 1 unspecified atom stereocenters. The molecule has 1 heterocycles. The Hall–Kier alpha value is -2.05. The van der Waals surface area contributed by atoms with Crippen molar-refractivity contribution in [3.63, 3.8) is 0 Å². The zero-order chi connectivity index (χ0) is 19.4. The molecule has 2 aromatic rings. The van der Waals surface area contributed by atoms with Gasteiger partial charge in [-0.25, -0.2) is 8.42 Å². The van der Waals surface area contributed by atoms with Crippen LogP contribution in [0.4, 0.5) is 5.69 Å². The van der Waals surface area contributed by atoms with Crippen molar-refractivity contribution in [2.75, 3.05) is 38.2 Å². The lowest BCUT2D eigenvalue weighted by Crippen LogP contribution is -2.48. The van der Waals surface area contributed by atoms with E-state index in [9.17, 15) is 8.42 Å². The summed E-state index contributed by atoms with van der Waals surface area (Å²) in [5.41, 5.74) is 2.19. The van der Waals surface area contributed by atoms with E-state index < -0.39 is 10.0 Å². The summed E-state index contributed by atoms with van der Waals surface area (Å²) in [6.07, 6.45) is 1.04. The highest BCUT2D eigenvalue weighted by Gasteiger charge is 2.29. The third kappa shape index (κ3) is 4.12. The van der Waals surface area contributed by atoms with Crippen LogP contribution in [-0.2, 0) is 10.0 Å². The third-order valence-electron chi connectivity index (χ3n) is 5.36. The second-order valence-electron chi connectivity index (χ2n) is 6.94. The molecule has 27 heavy (non-hydrogen) atoms. The van der Waals surface area contributed by atoms with Crippen molar-refractivity contribution in [3.05, 3.63) is 54.1 Å². The van der Waals surface area contributed by atoms with E-state index >= 15 is 0 Å². The van der Waals surface area contributed by atoms with E-state index in [4.69, 9.17) is 4.74 Å². The van der Waals surface area contributed by atoms with Crippen LogP contribution in [0.1, 0.15) is 31.7 Å². The number of piperazine rings is 1. The zero-order valence-corrected chi connectivity index (χ0v) is 17.1. The summed E-state index contributed by atoms with van der Waals surface area (Å²) < 4.78 is 33.0. The van der Waals surface area contributed by atoms with Gasteiger partial charge in [-0.05, 0) is 42.2 Å². The van der Waals surface area contributed by atoms with Gasteiger partial charge in [0, 0.05) is 26.2 Å². The molecule has 0 aromatic heterocycles. The molecule has 1 aliphatic heterocycles. The maximum Gasteiger partial charge on any atom is 0.243 e. The minimum Gasteiger partial charge on any atom is -0.495 e. The average Bonchev–Trinajstić information content (AvgIpc) is 2.73. The van der Waals surface area contributed by atoms with Gasteiger partial charge < -0.3 is 9.64 Å². The first-order valence-corrected chi connectivity index (χ1v) is 10.9. The molecule has 0 spiro atoms. The van der Waals surface area contributed by atoms with Gasteiger partial charge in [0.15, 0.2) is 0 Å². The van der Waals surface area contributed by atoms with Gasteiger partial charge in [-0.15, -0.1) is 0 Å². The van der Waals surface area contributed by atoms with Crippen LogP contribution in [0.5, 0.6) is 5.75 Å². The van der Waals surface area contributed by atoms with E-state index in [0.717, 1.165) is 17.9 Å². The fraction of sp³-hybridized carbons (Fsp3) is 0.429. The smallest absolute Gasteiger partial charge is 0.243 e. The molecule has 1 aliphatic rings. The standard InChI is InChI=1S/C21H28N2O3S/c1-4-17(2)18-9-11-19(12-10-18)27(24,25)23-15-13-22(14-16-23)20-7-5-6-8-21(20)26-3/h5-12,17H,4,13-16H2,1-3H3. The number of ether oxygens (including phenoxy) is 1. The van der Waals surface area contributed by atoms with Crippen LogP contribution in [0.2, 0.25) is 0 Å². The molecule has 6 heteroatoms. The third-order valence-corrected chi connectivity index (χ3v) is 7.28. The number of methoxy groups -OCH3 is 1. The lowest BCUT2D eigenvalue weighted by molar-refractivity contribution is 0.378. The Morgan fingerprint density at radius 1 is 1.00 bits per heavy atom. The number of rotatable bonds is 6. The molecule has 1 atom stereocenters. The van der Waals surface area contributed by atoms with E-state index in [-0.39, 0.29) is 0 Å². The first-order chi connectivity index (χ1) is 13.0. The Kier molecular flexibility index (Phi) is 6.07. The van der Waals surface area contributed by atoms with Crippen molar-refractivity contribution in [1.82, 2.24) is 4.31 Å². The van der Waals surface area contributed by atoms with Crippen LogP contribution in [0, 0.1) is 0 Å². The zero-order valence-electron chi connectivity index (χ0n) is 16.3. The fourth-order valence-corrected chi connectivity index (χ4v) is 4.84. The summed E-state index contributed by atoms with van der Waals surface area (Å²) in [6, 6.07) is 15.2. The number of nitrogens with zero attached hydrogens (tertiary/aromatic N) is 2. The molecule has 1 saturated heterocycles. The maximum absolute atomic E-state index is 13.0. The van der Waals surface area contributed by atoms with Crippen molar-refractivity contribution in [2.45, 2.75) is 31.1 Å². The molecule has 0 radical (unpaired) electrons. The first kappa shape index (κ1) is 19.7. The highest BCUT2D eigenvalue weighted by Crippen LogP contribution is 2.29. The second kappa shape index (κ2) is 8.31. The summed E-state index contributed by atoms with van der Waals surface area (Å²) in [7, 11) is -1.80. The maximum atomic E-state index is 13.0. The van der Waals surface area contributed by atoms with Gasteiger partial charge >= 0.3 is 0 Å². The van der Waals surface area contributed by atoms with Gasteiger partial charge in [-0.2, -0.15) is 4.31 Å². The second-order valence-corrected chi connectivity index (χ2v) is 8.88. The fourth-order valence-electron chi connectivity index (χ4n) is 3.41. The minimum absolute atomic E-state index is 0.375. The van der Waals surface area contributed by atoms with Crippen LogP contribution < -0.4 is 9.64 Å². The highest BCUT2D eigenvalue weighted by molar-refractivity contribution is 7.89. The van der Waals surface area contributed by atoms with Gasteiger partial charge in [-0.1, -0.05) is 38.1 Å². The Morgan fingerprint density at radius 3 is 2.22 bits per heavy atom. The Bertz CT molecular complexity index is 857. The van der Waals surface area contributed by atoms with Crippen LogP contribution in [-0.4, -0.2) is 46.0 Å². The number of sulfonamides is 1. The van der Waals surface area contributed by atoms with Gasteiger partial charge in [0.05, 0.1) is 17.7 Å². The van der Waals surface area contributed by atoms with Crippen molar-refractivity contribution in [2.24, 2.45) is 0 Å². The van der Waals surface area contributed by atoms with Gasteiger partial charge in [0.2, 0.25) is 10.0 Å². The lowest BCUT2D eigenvalue weighted by Gasteiger charge is -2.36. The molecule has 2 aromatic carbocycles. The summed E-state index contributed by atoms with van der Waals surface area (Å²) in [5.74, 6) is 1.25. The Morgan fingerprint density at radius 2 is 1.63 bits per heavy atom. The van der Waals surface area contributed by atoms with Crippen molar-refractivity contribution in [3.8, 4) is 5.75 Å². The molecular weight excluding hydrogens is 360 g/mol. The number of hydrogen-bond acceptors (Lipinski definition) is 4. The summed E-state index contributed by atoms with van der Waals surface area (Å²) in [4.78, 5) is 2.55. The summed E-state index contributed by atoms with van der Waals surface area (Å²) in [5, 5.41) is 0. The molecule has 5 nitrogen and oxygen atoms in total. The normalized spacial score (nSPS) is 16.9. The Balaban J connectivity index is 1.71. The first-order valence-electron chi connectivity index (χ1n) is 9.45. The van der Waals surface area contributed by atoms with E-state index in [1.165, 1.54) is 5.56 Å². The molecule has 1 fully saturated rings. The molecule has 146 valence electrons. The molecule has 0 saturated carbocycles. The average molecular weight is 389 g/mol. The van der Waals surface area contributed by atoms with Gasteiger partial charge in [-0.3, -0.25) is 0 Å². The summed E-state index contributed by atoms with van der Waals surface area (Å²) in [6.45, 7) is 6.51. The lowest BCUT2D eigenvalue weighted by atomic mass is 9.99. The molecule has 0 N–H and O–H groups in total. The Labute approximate surface area is 162 Å². The number of anilines is 1. The molecule has 0 bridgehead atoms. The topological polar surface area (TPSA) is 49.9 Å². The number of benzene rings is 2. The van der Waals surface area contributed by atoms with Crippen molar-refractivity contribution in [1.29, 1.82) is 0 Å². The highest BCUT2D eigenvalue weighted by atomic mass is 32.2. The van der Waals surface area contributed by atoms with E-state index in [0.29, 0.717) is 37.0 Å². The molecule has 0 aliphatic carbocycles. The monoisotopic (exact) mass is 388 g/mol. The number of hydrogen-bond donors (Lipinski definition) is 0. The number of para-hydroxylation sites is 2. The van der Waals surface area contributed by atoms with Gasteiger partial charge in [0.25, 0.3) is 0 Å². The quantitative estimate of drug-likeness (QED) is 0.757. The predicted molar refractivity (Wildman–Crippen MR) is 109 cm³/mol. The van der Waals surface area contributed by atoms with Crippen molar-refractivity contribution >= 4 is 15.7 Å². The van der Waals surface area contributed by atoms with Crippen LogP contribution in [0.15, 0.2) is 53.4 Å². The largest absolute Gasteiger partial charge is 0.495 e.